The molecular formula is C15H16FN5. The number of hydrogen-bond acceptors (Lipinski definition) is 4. The van der Waals surface area contributed by atoms with Gasteiger partial charge in [-0.2, -0.15) is 0 Å². The van der Waals surface area contributed by atoms with Crippen molar-refractivity contribution in [3.63, 3.8) is 0 Å². The van der Waals surface area contributed by atoms with Crippen LogP contribution in [0.4, 0.5) is 21.7 Å². The first-order valence-electron chi connectivity index (χ1n) is 6.86. The molecule has 2 N–H and O–H groups in total. The van der Waals surface area contributed by atoms with Gasteiger partial charge in [-0.05, 0) is 24.6 Å². The zero-order chi connectivity index (χ0) is 14.7. The van der Waals surface area contributed by atoms with E-state index in [-0.39, 0.29) is 5.82 Å². The Morgan fingerprint density at radius 3 is 3.05 bits per heavy atom. The molecule has 5 nitrogen and oxygen atoms in total. The van der Waals surface area contributed by atoms with E-state index in [0.717, 1.165) is 18.8 Å². The van der Waals surface area contributed by atoms with Gasteiger partial charge in [-0.25, -0.2) is 14.4 Å². The molecular weight excluding hydrogens is 269 g/mol. The van der Waals surface area contributed by atoms with Crippen LogP contribution in [0.3, 0.4) is 0 Å². The lowest BCUT2D eigenvalue weighted by Crippen LogP contribution is -2.06. The molecule has 0 fully saturated rings. The minimum absolute atomic E-state index is 0.292. The second kappa shape index (κ2) is 5.78. The molecule has 0 aliphatic carbocycles. The van der Waals surface area contributed by atoms with Gasteiger partial charge in [0, 0.05) is 24.6 Å². The number of aromatic nitrogens is 3. The zero-order valence-electron chi connectivity index (χ0n) is 11.7. The Hall–Kier alpha value is -2.63. The summed E-state index contributed by atoms with van der Waals surface area (Å²) in [5, 5.41) is 6.36. The summed E-state index contributed by atoms with van der Waals surface area (Å²) in [7, 11) is 0. The van der Waals surface area contributed by atoms with E-state index in [0.29, 0.717) is 17.2 Å². The highest BCUT2D eigenvalue weighted by atomic mass is 19.1. The molecule has 0 bridgehead atoms. The normalized spacial score (nSPS) is 10.8. The lowest BCUT2D eigenvalue weighted by atomic mass is 10.3. The summed E-state index contributed by atoms with van der Waals surface area (Å²) in [6, 6.07) is 6.27. The highest BCUT2D eigenvalue weighted by Crippen LogP contribution is 2.21. The molecule has 2 aromatic heterocycles. The van der Waals surface area contributed by atoms with Gasteiger partial charge in [0.1, 0.15) is 11.6 Å². The third-order valence-corrected chi connectivity index (χ3v) is 3.02. The van der Waals surface area contributed by atoms with Crippen molar-refractivity contribution in [1.29, 1.82) is 0 Å². The van der Waals surface area contributed by atoms with Crippen LogP contribution < -0.4 is 10.6 Å². The predicted molar refractivity (Wildman–Crippen MR) is 81.5 cm³/mol. The lowest BCUT2D eigenvalue weighted by Gasteiger charge is -2.10. The molecule has 0 spiro atoms. The molecule has 0 aliphatic rings. The fourth-order valence-electron chi connectivity index (χ4n) is 2.06. The summed E-state index contributed by atoms with van der Waals surface area (Å²) in [6.07, 6.45) is 6.45. The number of nitrogens with one attached hydrogen (secondary N) is 2. The van der Waals surface area contributed by atoms with Crippen molar-refractivity contribution in [3.8, 4) is 0 Å². The van der Waals surface area contributed by atoms with Crippen LogP contribution in [-0.4, -0.2) is 20.9 Å². The molecule has 21 heavy (non-hydrogen) atoms. The van der Waals surface area contributed by atoms with Crippen molar-refractivity contribution < 1.29 is 4.39 Å². The molecule has 0 saturated heterocycles. The van der Waals surface area contributed by atoms with Gasteiger partial charge in [-0.15, -0.1) is 0 Å². The predicted octanol–water partition coefficient (Wildman–Crippen LogP) is 3.43. The fourth-order valence-corrected chi connectivity index (χ4v) is 2.06. The molecule has 0 radical (unpaired) electrons. The number of imidazole rings is 1. The van der Waals surface area contributed by atoms with Gasteiger partial charge in [0.15, 0.2) is 11.5 Å². The SMILES string of the molecule is CCCNc1cn2ccnc2c(Nc2cccc(F)c2)n1. The monoisotopic (exact) mass is 285 g/mol. The molecule has 108 valence electrons. The van der Waals surface area contributed by atoms with E-state index in [1.54, 1.807) is 18.3 Å². The quantitative estimate of drug-likeness (QED) is 0.754. The van der Waals surface area contributed by atoms with Crippen LogP contribution in [0.2, 0.25) is 0 Å². The van der Waals surface area contributed by atoms with Crippen molar-refractivity contribution in [2.45, 2.75) is 13.3 Å². The first kappa shape index (κ1) is 13.4. The second-order valence-corrected chi connectivity index (χ2v) is 4.69. The maximum absolute atomic E-state index is 13.3. The maximum atomic E-state index is 13.3. The second-order valence-electron chi connectivity index (χ2n) is 4.69. The maximum Gasteiger partial charge on any atom is 0.180 e. The van der Waals surface area contributed by atoms with E-state index in [4.69, 9.17) is 0 Å². The molecule has 3 aromatic rings. The number of hydrogen-bond donors (Lipinski definition) is 2. The number of benzene rings is 1. The first-order valence-corrected chi connectivity index (χ1v) is 6.86. The Balaban J connectivity index is 1.97. The third kappa shape index (κ3) is 2.94. The molecule has 0 saturated carbocycles. The van der Waals surface area contributed by atoms with Crippen LogP contribution >= 0.6 is 0 Å². The fraction of sp³-hybridized carbons (Fsp3) is 0.200. The standard InChI is InChI=1S/C15H16FN5/c1-2-6-17-13-10-21-8-7-18-15(21)14(20-13)19-12-5-3-4-11(16)9-12/h3-5,7-10,17H,2,6H2,1H3,(H,19,20). The van der Waals surface area contributed by atoms with E-state index in [1.165, 1.54) is 12.1 Å². The van der Waals surface area contributed by atoms with Crippen molar-refractivity contribution >= 4 is 23.0 Å². The van der Waals surface area contributed by atoms with Gasteiger partial charge >= 0.3 is 0 Å². The topological polar surface area (TPSA) is 54.2 Å². The van der Waals surface area contributed by atoms with Crippen LogP contribution in [0.25, 0.3) is 5.65 Å². The molecule has 0 atom stereocenters. The number of nitrogens with zero attached hydrogens (tertiary/aromatic N) is 3. The number of fused-ring (bicyclic) bond motifs is 1. The van der Waals surface area contributed by atoms with Gasteiger partial charge in [-0.1, -0.05) is 13.0 Å². The summed E-state index contributed by atoms with van der Waals surface area (Å²) in [5.41, 5.74) is 1.33. The van der Waals surface area contributed by atoms with Crippen molar-refractivity contribution in [2.75, 3.05) is 17.2 Å². The van der Waals surface area contributed by atoms with E-state index in [1.807, 2.05) is 16.8 Å². The van der Waals surface area contributed by atoms with Gasteiger partial charge < -0.3 is 15.0 Å². The minimum Gasteiger partial charge on any atom is -0.369 e. The average Bonchev–Trinajstić information content (AvgIpc) is 2.94. The Bertz CT molecular complexity index is 753. The molecule has 1 aromatic carbocycles. The van der Waals surface area contributed by atoms with E-state index < -0.39 is 0 Å². The Kier molecular flexibility index (Phi) is 3.68. The Labute approximate surface area is 121 Å². The number of anilines is 3. The van der Waals surface area contributed by atoms with Crippen molar-refractivity contribution in [3.05, 3.63) is 48.7 Å². The molecule has 0 aliphatic heterocycles. The summed E-state index contributed by atoms with van der Waals surface area (Å²) in [4.78, 5) is 8.78. The summed E-state index contributed by atoms with van der Waals surface area (Å²) >= 11 is 0. The molecule has 0 unspecified atom stereocenters. The van der Waals surface area contributed by atoms with Crippen LogP contribution in [0.15, 0.2) is 42.9 Å². The number of rotatable bonds is 5. The van der Waals surface area contributed by atoms with Crippen LogP contribution in [-0.2, 0) is 0 Å². The summed E-state index contributed by atoms with van der Waals surface area (Å²) < 4.78 is 15.2. The van der Waals surface area contributed by atoms with Gasteiger partial charge in [-0.3, -0.25) is 0 Å². The first-order chi connectivity index (χ1) is 10.3. The van der Waals surface area contributed by atoms with Crippen LogP contribution in [0.1, 0.15) is 13.3 Å². The van der Waals surface area contributed by atoms with E-state index in [9.17, 15) is 4.39 Å². The van der Waals surface area contributed by atoms with Gasteiger partial charge in [0.25, 0.3) is 0 Å². The molecule has 3 rings (SSSR count). The van der Waals surface area contributed by atoms with E-state index in [2.05, 4.69) is 27.5 Å². The Morgan fingerprint density at radius 1 is 1.33 bits per heavy atom. The van der Waals surface area contributed by atoms with Gasteiger partial charge in [0.05, 0.1) is 6.20 Å². The third-order valence-electron chi connectivity index (χ3n) is 3.02. The molecule has 0 amide bonds. The number of halogens is 1. The zero-order valence-corrected chi connectivity index (χ0v) is 11.7. The Morgan fingerprint density at radius 2 is 2.24 bits per heavy atom. The summed E-state index contributed by atoms with van der Waals surface area (Å²) in [6.45, 7) is 2.93. The highest BCUT2D eigenvalue weighted by Gasteiger charge is 2.08. The smallest absolute Gasteiger partial charge is 0.180 e. The summed E-state index contributed by atoms with van der Waals surface area (Å²) in [5.74, 6) is 1.05. The largest absolute Gasteiger partial charge is 0.369 e. The molecule has 6 heteroatoms. The lowest BCUT2D eigenvalue weighted by molar-refractivity contribution is 0.628. The van der Waals surface area contributed by atoms with Crippen molar-refractivity contribution in [2.24, 2.45) is 0 Å². The highest BCUT2D eigenvalue weighted by molar-refractivity contribution is 5.71. The van der Waals surface area contributed by atoms with Gasteiger partial charge in [0.2, 0.25) is 0 Å². The average molecular weight is 285 g/mol. The van der Waals surface area contributed by atoms with Crippen LogP contribution in [0.5, 0.6) is 0 Å². The molecule has 2 heterocycles. The van der Waals surface area contributed by atoms with Crippen LogP contribution in [0, 0.1) is 5.82 Å². The minimum atomic E-state index is -0.292. The van der Waals surface area contributed by atoms with Crippen molar-refractivity contribution in [1.82, 2.24) is 14.4 Å². The van der Waals surface area contributed by atoms with E-state index >= 15 is 0 Å².